The number of nitrogens with two attached hydrogens (primary N) is 1. The molecule has 0 saturated carbocycles. The summed E-state index contributed by atoms with van der Waals surface area (Å²) in [5, 5.41) is 9.82. The number of aliphatic hydroxyl groups is 1. The van der Waals surface area contributed by atoms with Gasteiger partial charge >= 0.3 is 11.9 Å². The van der Waals surface area contributed by atoms with Gasteiger partial charge in [-0.05, 0) is 44.0 Å². The van der Waals surface area contributed by atoms with Crippen molar-refractivity contribution in [1.82, 2.24) is 0 Å². The molecule has 2 atom stereocenters. The van der Waals surface area contributed by atoms with Crippen molar-refractivity contribution >= 4 is 11.9 Å². The van der Waals surface area contributed by atoms with E-state index in [2.05, 4.69) is 0 Å². The van der Waals surface area contributed by atoms with Gasteiger partial charge in [-0.1, -0.05) is 20.8 Å². The lowest BCUT2D eigenvalue weighted by Gasteiger charge is -2.19. The SMILES string of the molecule is CC(C)OC(=O)C(COC(=O)CC(C)C(C)C)C/C(O)=C\C=C/N. The zero-order valence-electron chi connectivity index (χ0n) is 15.3. The second-order valence-electron chi connectivity index (χ2n) is 6.54. The highest BCUT2D eigenvalue weighted by atomic mass is 16.6. The maximum Gasteiger partial charge on any atom is 0.313 e. The third-order valence-corrected chi connectivity index (χ3v) is 3.61. The van der Waals surface area contributed by atoms with Crippen LogP contribution in [0.15, 0.2) is 24.1 Å². The quantitative estimate of drug-likeness (QED) is 0.360. The number of aliphatic hydroxyl groups excluding tert-OH is 1. The maximum atomic E-state index is 12.1. The van der Waals surface area contributed by atoms with Crippen molar-refractivity contribution in [1.29, 1.82) is 0 Å². The molecule has 0 fully saturated rings. The van der Waals surface area contributed by atoms with E-state index in [0.29, 0.717) is 12.3 Å². The van der Waals surface area contributed by atoms with Gasteiger partial charge in [-0.15, -0.1) is 0 Å². The summed E-state index contributed by atoms with van der Waals surface area (Å²) in [6, 6.07) is 0. The van der Waals surface area contributed by atoms with Gasteiger partial charge in [0.2, 0.25) is 0 Å². The van der Waals surface area contributed by atoms with Crippen LogP contribution in [0.4, 0.5) is 0 Å². The van der Waals surface area contributed by atoms with Crippen molar-refractivity contribution in [2.75, 3.05) is 6.61 Å². The standard InChI is InChI=1S/C18H31NO5/c1-12(2)14(5)9-17(21)23-11-15(18(22)24-13(3)4)10-16(20)7-6-8-19/h6-8,12-15,20H,9-11,19H2,1-5H3/b8-6-,16-7+. The normalized spacial score (nSPS) is 14.9. The Kier molecular flexibility index (Phi) is 10.6. The molecule has 24 heavy (non-hydrogen) atoms. The van der Waals surface area contributed by atoms with Crippen molar-refractivity contribution in [3.8, 4) is 0 Å². The van der Waals surface area contributed by atoms with Gasteiger partial charge in [-0.25, -0.2) is 0 Å². The molecular formula is C18H31NO5. The summed E-state index contributed by atoms with van der Waals surface area (Å²) in [4.78, 5) is 24.0. The summed E-state index contributed by atoms with van der Waals surface area (Å²) < 4.78 is 10.4. The number of rotatable bonds is 10. The molecule has 2 unspecified atom stereocenters. The molecule has 0 aliphatic rings. The van der Waals surface area contributed by atoms with Gasteiger partial charge in [0.25, 0.3) is 0 Å². The molecule has 0 amide bonds. The number of carbonyl (C=O) groups is 2. The van der Waals surface area contributed by atoms with Crippen LogP contribution < -0.4 is 5.73 Å². The van der Waals surface area contributed by atoms with Gasteiger partial charge in [0, 0.05) is 12.8 Å². The minimum atomic E-state index is -0.756. The molecule has 0 saturated heterocycles. The van der Waals surface area contributed by atoms with Gasteiger partial charge in [0.15, 0.2) is 0 Å². The van der Waals surface area contributed by atoms with Gasteiger partial charge in [-0.3, -0.25) is 9.59 Å². The summed E-state index contributed by atoms with van der Waals surface area (Å²) in [5.41, 5.74) is 5.21. The van der Waals surface area contributed by atoms with E-state index < -0.39 is 11.9 Å². The molecule has 3 N–H and O–H groups in total. The molecule has 6 heteroatoms. The molecule has 0 aromatic heterocycles. The van der Waals surface area contributed by atoms with E-state index in [9.17, 15) is 14.7 Å². The van der Waals surface area contributed by atoms with Crippen LogP contribution >= 0.6 is 0 Å². The lowest BCUT2D eigenvalue weighted by Crippen LogP contribution is -2.27. The Balaban J connectivity index is 4.76. The number of allylic oxidation sites excluding steroid dienone is 3. The third-order valence-electron chi connectivity index (χ3n) is 3.61. The zero-order valence-corrected chi connectivity index (χ0v) is 15.3. The number of ether oxygens (including phenoxy) is 2. The summed E-state index contributed by atoms with van der Waals surface area (Å²) in [6.45, 7) is 9.39. The summed E-state index contributed by atoms with van der Waals surface area (Å²) in [6.07, 6.45) is 4.14. The second kappa shape index (κ2) is 11.5. The summed E-state index contributed by atoms with van der Waals surface area (Å²) in [7, 11) is 0. The highest BCUT2D eigenvalue weighted by Gasteiger charge is 2.25. The highest BCUT2D eigenvalue weighted by molar-refractivity contribution is 5.74. The van der Waals surface area contributed by atoms with Crippen LogP contribution in [0.3, 0.4) is 0 Å². The fourth-order valence-electron chi connectivity index (χ4n) is 1.78. The molecule has 0 aliphatic carbocycles. The molecule has 6 nitrogen and oxygen atoms in total. The lowest BCUT2D eigenvalue weighted by atomic mass is 9.95. The average molecular weight is 341 g/mol. The van der Waals surface area contributed by atoms with Crippen LogP contribution in [-0.4, -0.2) is 29.8 Å². The smallest absolute Gasteiger partial charge is 0.313 e. The van der Waals surface area contributed by atoms with Crippen LogP contribution in [0.1, 0.15) is 47.5 Å². The first-order valence-corrected chi connectivity index (χ1v) is 8.29. The summed E-state index contributed by atoms with van der Waals surface area (Å²) >= 11 is 0. The lowest BCUT2D eigenvalue weighted by molar-refractivity contribution is -0.158. The van der Waals surface area contributed by atoms with Crippen LogP contribution in [0.25, 0.3) is 0 Å². The van der Waals surface area contributed by atoms with Crippen molar-refractivity contribution in [3.05, 3.63) is 24.1 Å². The predicted octanol–water partition coefficient (Wildman–Crippen LogP) is 3.08. The van der Waals surface area contributed by atoms with Gasteiger partial charge in [0.1, 0.15) is 6.61 Å². The molecule has 0 aliphatic heterocycles. The number of hydrogen-bond acceptors (Lipinski definition) is 6. The van der Waals surface area contributed by atoms with Gasteiger partial charge in [0.05, 0.1) is 17.8 Å². The molecule has 0 bridgehead atoms. The highest BCUT2D eigenvalue weighted by Crippen LogP contribution is 2.17. The van der Waals surface area contributed by atoms with E-state index in [-0.39, 0.29) is 36.8 Å². The van der Waals surface area contributed by atoms with Crippen molar-refractivity contribution < 1.29 is 24.2 Å². The summed E-state index contributed by atoms with van der Waals surface area (Å²) in [5.74, 6) is -1.09. The first-order chi connectivity index (χ1) is 11.2. The van der Waals surface area contributed by atoms with Crippen molar-refractivity contribution in [2.45, 2.75) is 53.6 Å². The van der Waals surface area contributed by atoms with E-state index in [1.807, 2.05) is 20.8 Å². The molecule has 0 aromatic carbocycles. The van der Waals surface area contributed by atoms with Crippen LogP contribution in [0.2, 0.25) is 0 Å². The maximum absolute atomic E-state index is 12.1. The molecule has 0 aromatic rings. The number of carbonyl (C=O) groups excluding carboxylic acids is 2. The predicted molar refractivity (Wildman–Crippen MR) is 93.0 cm³/mol. The Bertz CT molecular complexity index is 454. The average Bonchev–Trinajstić information content (AvgIpc) is 2.48. The van der Waals surface area contributed by atoms with Crippen LogP contribution in [-0.2, 0) is 19.1 Å². The Hall–Kier alpha value is -1.98. The van der Waals surface area contributed by atoms with Gasteiger partial charge in [-0.2, -0.15) is 0 Å². The number of hydrogen-bond donors (Lipinski definition) is 2. The first-order valence-electron chi connectivity index (χ1n) is 8.29. The minimum Gasteiger partial charge on any atom is -0.512 e. The van der Waals surface area contributed by atoms with E-state index in [1.54, 1.807) is 13.8 Å². The third kappa shape index (κ3) is 9.92. The van der Waals surface area contributed by atoms with E-state index in [4.69, 9.17) is 15.2 Å². The van der Waals surface area contributed by atoms with E-state index in [1.165, 1.54) is 18.4 Å². The Morgan fingerprint density at radius 1 is 1.12 bits per heavy atom. The topological polar surface area (TPSA) is 98.8 Å². The van der Waals surface area contributed by atoms with Crippen molar-refractivity contribution in [2.24, 2.45) is 23.5 Å². The molecule has 0 rings (SSSR count). The van der Waals surface area contributed by atoms with E-state index >= 15 is 0 Å². The Morgan fingerprint density at radius 3 is 2.25 bits per heavy atom. The fourth-order valence-corrected chi connectivity index (χ4v) is 1.78. The van der Waals surface area contributed by atoms with Crippen LogP contribution in [0, 0.1) is 17.8 Å². The van der Waals surface area contributed by atoms with Crippen molar-refractivity contribution in [3.63, 3.8) is 0 Å². The van der Waals surface area contributed by atoms with Crippen LogP contribution in [0.5, 0.6) is 0 Å². The minimum absolute atomic E-state index is 0.0168. The van der Waals surface area contributed by atoms with Gasteiger partial charge < -0.3 is 20.3 Å². The molecule has 0 radical (unpaired) electrons. The first kappa shape index (κ1) is 22.0. The molecular weight excluding hydrogens is 310 g/mol. The molecule has 0 spiro atoms. The van der Waals surface area contributed by atoms with E-state index in [0.717, 1.165) is 0 Å². The largest absolute Gasteiger partial charge is 0.512 e. The number of esters is 2. The fraction of sp³-hybridized carbons (Fsp3) is 0.667. The Morgan fingerprint density at radius 2 is 1.75 bits per heavy atom. The monoisotopic (exact) mass is 341 g/mol. The molecule has 138 valence electrons. The zero-order chi connectivity index (χ0) is 18.7. The Labute approximate surface area is 144 Å². The second-order valence-corrected chi connectivity index (χ2v) is 6.54. The molecule has 0 heterocycles.